The number of fused-ring (bicyclic) bond motifs is 9. The zero-order valence-electron chi connectivity index (χ0n) is 25.6. The molecule has 4 aromatic rings. The highest BCUT2D eigenvalue weighted by Crippen LogP contribution is 2.69. The number of amides is 3. The molecule has 49 heavy (non-hydrogen) atoms. The summed E-state index contributed by atoms with van der Waals surface area (Å²) in [6, 6.07) is 17.0. The summed E-state index contributed by atoms with van der Waals surface area (Å²) in [6.07, 6.45) is -4.22. The lowest BCUT2D eigenvalue weighted by atomic mass is 9.68. The van der Waals surface area contributed by atoms with Gasteiger partial charge in [-0.1, -0.05) is 53.3 Å². The van der Waals surface area contributed by atoms with Gasteiger partial charge in [0.1, 0.15) is 5.75 Å². The number of hydrogen-bond acceptors (Lipinski definition) is 7. The summed E-state index contributed by atoms with van der Waals surface area (Å²) in [4.78, 5) is 57.9. The third-order valence-electron chi connectivity index (χ3n) is 10.3. The molecular weight excluding hydrogens is 699 g/mol. The molecule has 2 aliphatic carbocycles. The fraction of sp³-hybridized carbons (Fsp3) is 0.314. The molecule has 2 N–H and O–H groups in total. The number of alkyl halides is 3. The second-order valence-electron chi connectivity index (χ2n) is 12.8. The number of para-hydroxylation sites is 2. The van der Waals surface area contributed by atoms with E-state index in [1.165, 1.54) is 30.0 Å². The molecule has 8 nitrogen and oxygen atoms in total. The Morgan fingerprint density at radius 2 is 1.73 bits per heavy atom. The molecule has 2 saturated carbocycles. The molecule has 3 fully saturated rings. The summed E-state index contributed by atoms with van der Waals surface area (Å²) in [5.74, 6) is -4.29. The molecular formula is C35H27ClF3N3O5S2. The van der Waals surface area contributed by atoms with E-state index in [4.69, 9.17) is 16.3 Å². The van der Waals surface area contributed by atoms with Crippen molar-refractivity contribution in [2.75, 3.05) is 16.8 Å². The van der Waals surface area contributed by atoms with Crippen LogP contribution in [0.3, 0.4) is 0 Å². The highest BCUT2D eigenvalue weighted by atomic mass is 35.5. The number of H-pyrrole nitrogens is 1. The molecule has 2 aliphatic heterocycles. The number of nitrogens with one attached hydrogen (secondary N) is 2. The van der Waals surface area contributed by atoms with Crippen LogP contribution >= 0.6 is 34.7 Å². The van der Waals surface area contributed by atoms with Crippen molar-refractivity contribution in [3.63, 3.8) is 0 Å². The number of anilines is 2. The quantitative estimate of drug-likeness (QED) is 0.205. The van der Waals surface area contributed by atoms with Gasteiger partial charge in [0.25, 0.3) is 5.91 Å². The molecule has 4 unspecified atom stereocenters. The van der Waals surface area contributed by atoms with E-state index in [1.54, 1.807) is 24.3 Å². The number of aryl methyl sites for hydroxylation is 1. The molecule has 0 spiro atoms. The summed E-state index contributed by atoms with van der Waals surface area (Å²) in [5.41, 5.74) is 0.673. The topological polar surface area (TPSA) is 109 Å². The Kier molecular flexibility index (Phi) is 7.72. The molecule has 0 radical (unpaired) electrons. The van der Waals surface area contributed by atoms with E-state index in [-0.39, 0.29) is 40.4 Å². The average molecular weight is 726 g/mol. The van der Waals surface area contributed by atoms with Crippen molar-refractivity contribution in [2.24, 2.45) is 29.6 Å². The van der Waals surface area contributed by atoms with Gasteiger partial charge in [-0.3, -0.25) is 19.2 Å². The first kappa shape index (κ1) is 32.2. The van der Waals surface area contributed by atoms with Crippen LogP contribution in [0.25, 0.3) is 0 Å². The predicted molar refractivity (Wildman–Crippen MR) is 179 cm³/mol. The van der Waals surface area contributed by atoms with Crippen molar-refractivity contribution < 1.29 is 32.3 Å². The van der Waals surface area contributed by atoms with Gasteiger partial charge >= 0.3 is 11.0 Å². The first-order valence-corrected chi connectivity index (χ1v) is 17.7. The molecule has 8 rings (SSSR count). The highest BCUT2D eigenvalue weighted by molar-refractivity contribution is 8.00. The molecule has 3 heterocycles. The number of rotatable bonds is 6. The molecule has 1 saturated heterocycles. The van der Waals surface area contributed by atoms with Crippen molar-refractivity contribution >= 4 is 63.8 Å². The number of carbonyl (C=O) groups is 3. The maximum absolute atomic E-state index is 14.1. The number of nitrogens with zero attached hydrogens (tertiary/aromatic N) is 1. The van der Waals surface area contributed by atoms with E-state index in [0.29, 0.717) is 33.5 Å². The Morgan fingerprint density at radius 3 is 2.49 bits per heavy atom. The minimum Gasteiger partial charge on any atom is -0.483 e. The van der Waals surface area contributed by atoms with Gasteiger partial charge in [-0.15, -0.1) is 11.8 Å². The van der Waals surface area contributed by atoms with Crippen molar-refractivity contribution in [2.45, 2.75) is 35.7 Å². The molecule has 14 heteroatoms. The number of benzene rings is 3. The molecule has 4 aliphatic rings. The summed E-state index contributed by atoms with van der Waals surface area (Å²) in [7, 11) is 0. The maximum atomic E-state index is 14.1. The van der Waals surface area contributed by atoms with Crippen molar-refractivity contribution in [3.05, 3.63) is 103 Å². The summed E-state index contributed by atoms with van der Waals surface area (Å²) >= 11 is 9.04. The van der Waals surface area contributed by atoms with Crippen molar-refractivity contribution in [1.82, 2.24) is 4.98 Å². The number of ether oxygens (including phenoxy) is 1. The van der Waals surface area contributed by atoms with E-state index < -0.39 is 47.0 Å². The van der Waals surface area contributed by atoms with Gasteiger partial charge in [-0.05, 0) is 73.1 Å². The van der Waals surface area contributed by atoms with Gasteiger partial charge < -0.3 is 15.0 Å². The van der Waals surface area contributed by atoms with E-state index in [0.717, 1.165) is 32.7 Å². The first-order chi connectivity index (χ1) is 23.4. The van der Waals surface area contributed by atoms with Gasteiger partial charge in [0, 0.05) is 32.3 Å². The third-order valence-corrected chi connectivity index (χ3v) is 13.1. The van der Waals surface area contributed by atoms with Crippen LogP contribution in [0.5, 0.6) is 5.75 Å². The van der Waals surface area contributed by atoms with E-state index in [9.17, 15) is 32.3 Å². The average Bonchev–Trinajstić information content (AvgIpc) is 3.80. The third kappa shape index (κ3) is 5.20. The summed E-state index contributed by atoms with van der Waals surface area (Å²) in [6.45, 7) is 1.56. The predicted octanol–water partition coefficient (Wildman–Crippen LogP) is 7.11. The van der Waals surface area contributed by atoms with Gasteiger partial charge in [0.05, 0.1) is 28.1 Å². The van der Waals surface area contributed by atoms with Crippen molar-refractivity contribution in [1.29, 1.82) is 0 Å². The lowest BCUT2D eigenvalue weighted by Gasteiger charge is -2.43. The highest BCUT2D eigenvalue weighted by Gasteiger charge is 2.70. The van der Waals surface area contributed by atoms with Crippen LogP contribution in [-0.4, -0.2) is 34.6 Å². The van der Waals surface area contributed by atoms with Crippen LogP contribution in [0.4, 0.5) is 24.5 Å². The lowest BCUT2D eigenvalue weighted by Crippen LogP contribution is -2.42. The van der Waals surface area contributed by atoms with E-state index in [2.05, 4.69) is 10.3 Å². The zero-order valence-corrected chi connectivity index (χ0v) is 28.0. The minimum atomic E-state index is -4.76. The molecule has 1 aromatic heterocycles. The summed E-state index contributed by atoms with van der Waals surface area (Å²) in [5, 5.41) is 3.67. The number of thiazole rings is 1. The fourth-order valence-corrected chi connectivity index (χ4v) is 11.5. The largest absolute Gasteiger partial charge is 0.483 e. The number of aromatic amines is 1. The smallest absolute Gasteiger partial charge is 0.418 e. The second kappa shape index (κ2) is 11.8. The SMILES string of the molecule is Cc1ccccc1NC(=O)COc1ccc(Cl)cc1[C@H]1c2sc(=O)[nH]c2SC2C1[C@H]1C[C@@H]2C2C(=O)N(c3ccccc3C(F)(F)F)C(=O)C21. The van der Waals surface area contributed by atoms with Crippen LogP contribution < -0.4 is 19.8 Å². The Labute approximate surface area is 291 Å². The van der Waals surface area contributed by atoms with Gasteiger partial charge in [-0.25, -0.2) is 4.90 Å². The number of hydrogen-bond donors (Lipinski definition) is 2. The van der Waals surface area contributed by atoms with Crippen LogP contribution in [0.1, 0.15) is 33.9 Å². The number of aromatic nitrogens is 1. The van der Waals surface area contributed by atoms with Gasteiger partial charge in [0.15, 0.2) is 6.61 Å². The molecule has 7 atom stereocenters. The fourth-order valence-electron chi connectivity index (χ4n) is 8.45. The Bertz CT molecular complexity index is 2100. The van der Waals surface area contributed by atoms with Crippen molar-refractivity contribution in [3.8, 4) is 5.75 Å². The molecule has 3 amide bonds. The monoisotopic (exact) mass is 725 g/mol. The van der Waals surface area contributed by atoms with Crippen LogP contribution in [0.15, 0.2) is 76.6 Å². The lowest BCUT2D eigenvalue weighted by molar-refractivity contribution is -0.137. The minimum absolute atomic E-state index is 0.222. The normalized spacial score (nSPS) is 26.8. The molecule has 3 aromatic carbocycles. The van der Waals surface area contributed by atoms with Gasteiger partial charge in [-0.2, -0.15) is 13.2 Å². The Morgan fingerprint density at radius 1 is 1.02 bits per heavy atom. The van der Waals surface area contributed by atoms with E-state index in [1.807, 2.05) is 25.1 Å². The molecule has 252 valence electrons. The number of halogens is 4. The summed E-state index contributed by atoms with van der Waals surface area (Å²) < 4.78 is 48.2. The Hall–Kier alpha value is -4.07. The van der Waals surface area contributed by atoms with Crippen LogP contribution in [-0.2, 0) is 20.6 Å². The second-order valence-corrected chi connectivity index (χ2v) is 15.5. The zero-order chi connectivity index (χ0) is 34.4. The van der Waals surface area contributed by atoms with Crippen LogP contribution in [0.2, 0.25) is 5.02 Å². The number of imide groups is 1. The van der Waals surface area contributed by atoms with Crippen LogP contribution in [0, 0.1) is 36.5 Å². The van der Waals surface area contributed by atoms with E-state index >= 15 is 0 Å². The Balaban J connectivity index is 1.15. The number of thioether (sulfide) groups is 1. The molecule has 2 bridgehead atoms. The first-order valence-electron chi connectivity index (χ1n) is 15.6. The standard InChI is InChI=1S/C35H27ClF3N3O5S2/c1-15-6-2-4-8-21(15)40-24(43)14-47-23-11-10-16(36)12-17(23)25-26-18-13-19(29(26)48-31-30(25)49-34(46)41-31)28-27(18)32(44)42(33(28)45)22-9-5-3-7-20(22)35(37,38)39/h2-12,18-19,25-29H,13-14H2,1H3,(H,40,43)(H,41,46)/t18-,19-,25-,26?,27?,28?,29?/m1/s1. The van der Waals surface area contributed by atoms with Gasteiger partial charge in [0.2, 0.25) is 11.8 Å². The maximum Gasteiger partial charge on any atom is 0.418 e. The number of carbonyl (C=O) groups excluding carboxylic acids is 3.